The molecular formula is C12H10Cl2N4O2S. The van der Waals surface area contributed by atoms with Gasteiger partial charge in [-0.15, -0.1) is 10.2 Å². The third-order valence-electron chi connectivity index (χ3n) is 2.74. The van der Waals surface area contributed by atoms with Crippen LogP contribution in [0.1, 0.15) is 24.7 Å². The summed E-state index contributed by atoms with van der Waals surface area (Å²) in [5.41, 5.74) is 0. The molecule has 9 heteroatoms. The van der Waals surface area contributed by atoms with E-state index in [9.17, 15) is 4.79 Å². The summed E-state index contributed by atoms with van der Waals surface area (Å²) in [7, 11) is 0. The van der Waals surface area contributed by atoms with Crippen LogP contribution >= 0.6 is 35.0 Å². The van der Waals surface area contributed by atoms with Crippen LogP contribution in [0.25, 0.3) is 0 Å². The summed E-state index contributed by atoms with van der Waals surface area (Å²) in [6.45, 7) is 0. The van der Waals surface area contributed by atoms with Gasteiger partial charge in [-0.2, -0.15) is 0 Å². The van der Waals surface area contributed by atoms with E-state index in [1.165, 1.54) is 24.0 Å². The second-order valence-corrected chi connectivity index (χ2v) is 6.27. The van der Waals surface area contributed by atoms with Gasteiger partial charge >= 0.3 is 0 Å². The topological polar surface area (TPSA) is 80.9 Å². The Bertz CT molecular complexity index is 675. The molecule has 1 aliphatic carbocycles. The number of rotatable bonds is 5. The van der Waals surface area contributed by atoms with E-state index in [0.717, 1.165) is 12.8 Å². The molecule has 0 saturated heterocycles. The molecule has 3 rings (SSSR count). The molecule has 0 aromatic carbocycles. The van der Waals surface area contributed by atoms with Crippen molar-refractivity contribution in [1.82, 2.24) is 15.2 Å². The van der Waals surface area contributed by atoms with Crippen LogP contribution in [0.4, 0.5) is 5.82 Å². The molecule has 1 saturated carbocycles. The van der Waals surface area contributed by atoms with Crippen molar-refractivity contribution in [3.8, 4) is 0 Å². The smallest absolute Gasteiger partial charge is 0.277 e. The zero-order valence-electron chi connectivity index (χ0n) is 10.7. The van der Waals surface area contributed by atoms with Crippen molar-refractivity contribution in [3.05, 3.63) is 28.2 Å². The molecule has 1 N–H and O–H groups in total. The van der Waals surface area contributed by atoms with Gasteiger partial charge in [0.25, 0.3) is 5.22 Å². The highest BCUT2D eigenvalue weighted by Gasteiger charge is 2.29. The van der Waals surface area contributed by atoms with Crippen molar-refractivity contribution < 1.29 is 9.21 Å². The Morgan fingerprint density at radius 3 is 2.95 bits per heavy atom. The monoisotopic (exact) mass is 344 g/mol. The van der Waals surface area contributed by atoms with E-state index in [2.05, 4.69) is 20.5 Å². The fourth-order valence-corrected chi connectivity index (χ4v) is 2.57. The number of halogens is 2. The van der Waals surface area contributed by atoms with Crippen molar-refractivity contribution in [3.63, 3.8) is 0 Å². The number of hydrogen-bond acceptors (Lipinski definition) is 6. The third kappa shape index (κ3) is 3.87. The van der Waals surface area contributed by atoms with E-state index < -0.39 is 0 Å². The third-order valence-corrected chi connectivity index (χ3v) is 4.05. The summed E-state index contributed by atoms with van der Waals surface area (Å²) in [6.07, 6.45) is 3.59. The molecule has 0 aliphatic heterocycles. The molecule has 2 aromatic rings. The van der Waals surface area contributed by atoms with E-state index in [0.29, 0.717) is 22.1 Å². The highest BCUT2D eigenvalue weighted by Crippen LogP contribution is 2.39. The normalized spacial score (nSPS) is 14.2. The van der Waals surface area contributed by atoms with Gasteiger partial charge < -0.3 is 9.73 Å². The van der Waals surface area contributed by atoms with Crippen LogP contribution in [0, 0.1) is 0 Å². The Morgan fingerprint density at radius 1 is 1.43 bits per heavy atom. The highest BCUT2D eigenvalue weighted by molar-refractivity contribution is 7.99. The van der Waals surface area contributed by atoms with Gasteiger partial charge in [-0.3, -0.25) is 4.79 Å². The van der Waals surface area contributed by atoms with Gasteiger partial charge in [-0.05, 0) is 18.9 Å². The van der Waals surface area contributed by atoms with E-state index in [1.807, 2.05) is 0 Å². The first-order chi connectivity index (χ1) is 10.1. The summed E-state index contributed by atoms with van der Waals surface area (Å²) < 4.78 is 5.45. The molecule has 0 spiro atoms. The molecule has 21 heavy (non-hydrogen) atoms. The quantitative estimate of drug-likeness (QED) is 0.837. The van der Waals surface area contributed by atoms with Crippen LogP contribution in [0.3, 0.4) is 0 Å². The number of nitrogens with one attached hydrogen (secondary N) is 1. The fourth-order valence-electron chi connectivity index (χ4n) is 1.58. The summed E-state index contributed by atoms with van der Waals surface area (Å²) >= 11 is 12.8. The number of amides is 1. The van der Waals surface area contributed by atoms with Gasteiger partial charge in [-0.1, -0.05) is 35.0 Å². The van der Waals surface area contributed by atoms with Crippen molar-refractivity contribution in [1.29, 1.82) is 0 Å². The van der Waals surface area contributed by atoms with Gasteiger partial charge in [-0.25, -0.2) is 4.98 Å². The maximum absolute atomic E-state index is 11.8. The minimum Gasteiger partial charge on any atom is -0.416 e. The number of aromatic nitrogens is 3. The molecule has 1 amide bonds. The van der Waals surface area contributed by atoms with E-state index in [1.54, 1.807) is 0 Å². The molecule has 0 radical (unpaired) electrons. The Kier molecular flexibility index (Phi) is 4.32. The summed E-state index contributed by atoms with van der Waals surface area (Å²) in [4.78, 5) is 15.8. The second-order valence-electron chi connectivity index (χ2n) is 4.50. The van der Waals surface area contributed by atoms with Crippen LogP contribution < -0.4 is 5.32 Å². The molecular weight excluding hydrogens is 335 g/mol. The summed E-state index contributed by atoms with van der Waals surface area (Å²) in [5, 5.41) is 11.5. The number of nitrogens with zero attached hydrogens (tertiary/aromatic N) is 3. The molecule has 1 fully saturated rings. The van der Waals surface area contributed by atoms with Gasteiger partial charge in [0, 0.05) is 12.1 Å². The summed E-state index contributed by atoms with van der Waals surface area (Å²) in [5.74, 6) is 1.20. The molecule has 2 heterocycles. The number of hydrogen-bond donors (Lipinski definition) is 1. The Labute approximate surface area is 134 Å². The number of carbonyl (C=O) groups excluding carboxylic acids is 1. The van der Waals surface area contributed by atoms with Crippen LogP contribution in [0.15, 0.2) is 21.9 Å². The zero-order chi connectivity index (χ0) is 14.8. The Hall–Kier alpha value is -1.31. The zero-order valence-corrected chi connectivity index (χ0v) is 13.0. The van der Waals surface area contributed by atoms with Gasteiger partial charge in [0.15, 0.2) is 5.82 Å². The average molecular weight is 345 g/mol. The maximum Gasteiger partial charge on any atom is 0.277 e. The van der Waals surface area contributed by atoms with Crippen molar-refractivity contribution >= 4 is 46.7 Å². The van der Waals surface area contributed by atoms with E-state index in [4.69, 9.17) is 27.6 Å². The van der Waals surface area contributed by atoms with Gasteiger partial charge in [0.2, 0.25) is 11.8 Å². The van der Waals surface area contributed by atoms with Crippen molar-refractivity contribution in [2.24, 2.45) is 0 Å². The molecule has 1 aliphatic rings. The molecule has 6 nitrogen and oxygen atoms in total. The lowest BCUT2D eigenvalue weighted by Crippen LogP contribution is -2.15. The number of carbonyl (C=O) groups is 1. The number of anilines is 1. The van der Waals surface area contributed by atoms with Gasteiger partial charge in [0.1, 0.15) is 0 Å². The lowest BCUT2D eigenvalue weighted by molar-refractivity contribution is -0.113. The first kappa shape index (κ1) is 14.6. The van der Waals surface area contributed by atoms with Crippen LogP contribution in [-0.2, 0) is 4.79 Å². The highest BCUT2D eigenvalue weighted by atomic mass is 35.5. The number of pyridine rings is 1. The van der Waals surface area contributed by atoms with Crippen molar-refractivity contribution in [2.45, 2.75) is 24.0 Å². The predicted octanol–water partition coefficient (Wildman–Crippen LogP) is 3.38. The molecule has 0 bridgehead atoms. The lowest BCUT2D eigenvalue weighted by Gasteiger charge is -2.05. The standard InChI is InChI=1S/C12H10Cl2N4O2S/c13-7-3-8(14)10(15-4-7)16-9(19)5-21-12-18-17-11(20-12)6-1-2-6/h3-4,6H,1-2,5H2,(H,15,16,19). The first-order valence-corrected chi connectivity index (χ1v) is 7.93. The minimum absolute atomic E-state index is 0.132. The maximum atomic E-state index is 11.8. The largest absolute Gasteiger partial charge is 0.416 e. The first-order valence-electron chi connectivity index (χ1n) is 6.19. The Balaban J connectivity index is 1.53. The summed E-state index contributed by atoms with van der Waals surface area (Å²) in [6, 6.07) is 1.51. The molecule has 0 atom stereocenters. The van der Waals surface area contributed by atoms with Gasteiger partial charge in [0.05, 0.1) is 15.8 Å². The molecule has 0 unspecified atom stereocenters. The van der Waals surface area contributed by atoms with Crippen LogP contribution in [0.5, 0.6) is 0 Å². The number of thioether (sulfide) groups is 1. The molecule has 2 aromatic heterocycles. The lowest BCUT2D eigenvalue weighted by atomic mass is 10.4. The minimum atomic E-state index is -0.261. The average Bonchev–Trinajstić information content (AvgIpc) is 3.19. The van der Waals surface area contributed by atoms with Crippen LogP contribution in [0.2, 0.25) is 10.0 Å². The Morgan fingerprint density at radius 2 is 2.24 bits per heavy atom. The fraction of sp³-hybridized carbons (Fsp3) is 0.333. The SMILES string of the molecule is O=C(CSc1nnc(C2CC2)o1)Nc1ncc(Cl)cc1Cl. The van der Waals surface area contributed by atoms with E-state index >= 15 is 0 Å². The van der Waals surface area contributed by atoms with Crippen LogP contribution in [-0.4, -0.2) is 26.8 Å². The van der Waals surface area contributed by atoms with Crippen molar-refractivity contribution in [2.75, 3.05) is 11.1 Å². The van der Waals surface area contributed by atoms with E-state index in [-0.39, 0.29) is 22.5 Å². The second kappa shape index (κ2) is 6.21. The predicted molar refractivity (Wildman–Crippen MR) is 79.9 cm³/mol. The molecule has 110 valence electrons.